The SMILES string of the molecule is C#CCCC1(CCC(=O)Nc2cnc3c(c2)CNCC3)N=N1. The van der Waals surface area contributed by atoms with Gasteiger partial charge in [0.25, 0.3) is 0 Å². The minimum absolute atomic E-state index is 0.0390. The molecule has 0 aliphatic carbocycles. The number of aromatic nitrogens is 1. The summed E-state index contributed by atoms with van der Waals surface area (Å²) in [6.07, 6.45) is 10.3. The zero-order valence-electron chi connectivity index (χ0n) is 12.4. The number of hydrogen-bond donors (Lipinski definition) is 2. The summed E-state index contributed by atoms with van der Waals surface area (Å²) < 4.78 is 0. The third-order valence-corrected chi connectivity index (χ3v) is 4.00. The molecule has 0 atom stereocenters. The molecule has 0 spiro atoms. The van der Waals surface area contributed by atoms with Crippen molar-refractivity contribution in [2.75, 3.05) is 11.9 Å². The molecule has 1 amide bonds. The Kier molecular flexibility index (Phi) is 4.16. The molecule has 114 valence electrons. The fraction of sp³-hybridized carbons (Fsp3) is 0.500. The summed E-state index contributed by atoms with van der Waals surface area (Å²) in [6, 6.07) is 1.99. The van der Waals surface area contributed by atoms with E-state index < -0.39 is 5.66 Å². The standard InChI is InChI=1S/C16H19N5O/c1-2-3-6-16(20-21-16)7-4-15(22)19-13-9-12-10-17-8-5-14(12)18-11-13/h1,9,11,17H,3-8,10H2,(H,19,22). The molecule has 22 heavy (non-hydrogen) atoms. The second kappa shape index (κ2) is 6.24. The molecule has 6 heteroatoms. The van der Waals surface area contributed by atoms with Crippen LogP contribution in [0.4, 0.5) is 5.69 Å². The Morgan fingerprint density at radius 3 is 3.09 bits per heavy atom. The average Bonchev–Trinajstić information content (AvgIpc) is 3.31. The molecular weight excluding hydrogens is 278 g/mol. The summed E-state index contributed by atoms with van der Waals surface area (Å²) >= 11 is 0. The van der Waals surface area contributed by atoms with Crippen molar-refractivity contribution in [3.05, 3.63) is 23.5 Å². The van der Waals surface area contributed by atoms with Gasteiger partial charge in [-0.15, -0.1) is 12.3 Å². The molecule has 2 aliphatic rings. The van der Waals surface area contributed by atoms with Crippen LogP contribution in [0.25, 0.3) is 0 Å². The van der Waals surface area contributed by atoms with Crippen LogP contribution in [0.5, 0.6) is 0 Å². The first-order valence-corrected chi connectivity index (χ1v) is 7.57. The van der Waals surface area contributed by atoms with Crippen molar-refractivity contribution in [1.29, 1.82) is 0 Å². The predicted molar refractivity (Wildman–Crippen MR) is 83.2 cm³/mol. The summed E-state index contributed by atoms with van der Waals surface area (Å²) in [5, 5.41) is 14.3. The maximum atomic E-state index is 12.1. The Hall–Kier alpha value is -2.26. The van der Waals surface area contributed by atoms with Crippen molar-refractivity contribution in [2.45, 2.75) is 44.3 Å². The number of anilines is 1. The topological polar surface area (TPSA) is 78.7 Å². The van der Waals surface area contributed by atoms with E-state index in [-0.39, 0.29) is 5.91 Å². The fourth-order valence-corrected chi connectivity index (χ4v) is 2.62. The van der Waals surface area contributed by atoms with Gasteiger partial charge in [-0.2, -0.15) is 10.2 Å². The second-order valence-corrected chi connectivity index (χ2v) is 5.69. The summed E-state index contributed by atoms with van der Waals surface area (Å²) in [5.41, 5.74) is 2.61. The molecule has 0 aromatic carbocycles. The van der Waals surface area contributed by atoms with E-state index in [0.29, 0.717) is 19.3 Å². The van der Waals surface area contributed by atoms with Crippen LogP contribution in [-0.2, 0) is 17.8 Å². The van der Waals surface area contributed by atoms with Crippen LogP contribution >= 0.6 is 0 Å². The smallest absolute Gasteiger partial charge is 0.224 e. The van der Waals surface area contributed by atoms with Crippen LogP contribution in [0.1, 0.15) is 36.9 Å². The van der Waals surface area contributed by atoms with E-state index in [2.05, 4.69) is 31.8 Å². The van der Waals surface area contributed by atoms with Gasteiger partial charge in [0.05, 0.1) is 11.9 Å². The summed E-state index contributed by atoms with van der Waals surface area (Å²) in [6.45, 7) is 1.76. The number of fused-ring (bicyclic) bond motifs is 1. The number of rotatable bonds is 6. The second-order valence-electron chi connectivity index (χ2n) is 5.69. The molecule has 3 heterocycles. The number of nitrogens with zero attached hydrogens (tertiary/aromatic N) is 3. The van der Waals surface area contributed by atoms with Crippen LogP contribution in [0.15, 0.2) is 22.5 Å². The molecule has 1 aromatic rings. The molecule has 3 rings (SSSR count). The molecule has 0 saturated heterocycles. The molecule has 1 aromatic heterocycles. The zero-order valence-corrected chi connectivity index (χ0v) is 12.4. The van der Waals surface area contributed by atoms with Crippen LogP contribution in [0, 0.1) is 12.3 Å². The van der Waals surface area contributed by atoms with Gasteiger partial charge in [0.1, 0.15) is 0 Å². The quantitative estimate of drug-likeness (QED) is 0.788. The maximum Gasteiger partial charge on any atom is 0.224 e. The van der Waals surface area contributed by atoms with Crippen LogP contribution < -0.4 is 10.6 Å². The largest absolute Gasteiger partial charge is 0.325 e. The van der Waals surface area contributed by atoms with Crippen molar-refractivity contribution in [2.24, 2.45) is 10.2 Å². The molecule has 6 nitrogen and oxygen atoms in total. The highest BCUT2D eigenvalue weighted by Gasteiger charge is 2.39. The number of pyridine rings is 1. The normalized spacial score (nSPS) is 17.4. The van der Waals surface area contributed by atoms with E-state index in [9.17, 15) is 4.79 Å². The molecule has 0 bridgehead atoms. The Bertz CT molecular complexity index is 640. The number of terminal acetylenes is 1. The van der Waals surface area contributed by atoms with Gasteiger partial charge < -0.3 is 10.6 Å². The van der Waals surface area contributed by atoms with Crippen LogP contribution in [-0.4, -0.2) is 23.1 Å². The number of amides is 1. The minimum atomic E-state index is -0.401. The van der Waals surface area contributed by atoms with E-state index in [0.717, 1.165) is 42.9 Å². The van der Waals surface area contributed by atoms with E-state index in [1.54, 1.807) is 6.20 Å². The highest BCUT2D eigenvalue weighted by Crippen LogP contribution is 2.37. The third-order valence-electron chi connectivity index (χ3n) is 4.00. The Labute approximate surface area is 129 Å². The molecule has 0 radical (unpaired) electrons. The molecule has 2 N–H and O–H groups in total. The lowest BCUT2D eigenvalue weighted by atomic mass is 10.0. The van der Waals surface area contributed by atoms with E-state index >= 15 is 0 Å². The van der Waals surface area contributed by atoms with Gasteiger partial charge in [-0.3, -0.25) is 9.78 Å². The number of carbonyl (C=O) groups is 1. The van der Waals surface area contributed by atoms with E-state index in [1.807, 2.05) is 6.07 Å². The van der Waals surface area contributed by atoms with Crippen molar-refractivity contribution in [3.63, 3.8) is 0 Å². The fourth-order valence-electron chi connectivity index (χ4n) is 2.62. The van der Waals surface area contributed by atoms with Gasteiger partial charge >= 0.3 is 0 Å². The minimum Gasteiger partial charge on any atom is -0.325 e. The molecule has 0 saturated carbocycles. The van der Waals surface area contributed by atoms with Gasteiger partial charge in [0.2, 0.25) is 5.91 Å². The van der Waals surface area contributed by atoms with Gasteiger partial charge in [-0.05, 0) is 11.6 Å². The average molecular weight is 297 g/mol. The van der Waals surface area contributed by atoms with Gasteiger partial charge in [-0.25, -0.2) is 0 Å². The monoisotopic (exact) mass is 297 g/mol. The van der Waals surface area contributed by atoms with Gasteiger partial charge in [0.15, 0.2) is 5.66 Å². The molecule has 2 aliphatic heterocycles. The summed E-state index contributed by atoms with van der Waals surface area (Å²) in [5.74, 6) is 2.55. The first-order valence-electron chi connectivity index (χ1n) is 7.57. The van der Waals surface area contributed by atoms with Crippen molar-refractivity contribution < 1.29 is 4.79 Å². The third kappa shape index (κ3) is 3.49. The number of hydrogen-bond acceptors (Lipinski definition) is 5. The van der Waals surface area contributed by atoms with Crippen molar-refractivity contribution >= 4 is 11.6 Å². The lowest BCUT2D eigenvalue weighted by Gasteiger charge is -2.17. The van der Waals surface area contributed by atoms with Crippen LogP contribution in [0.2, 0.25) is 0 Å². The first-order chi connectivity index (χ1) is 10.7. The molecular formula is C16H19N5O. The summed E-state index contributed by atoms with van der Waals surface area (Å²) in [7, 11) is 0. The van der Waals surface area contributed by atoms with Gasteiger partial charge in [0, 0.05) is 50.9 Å². The maximum absolute atomic E-state index is 12.1. The Morgan fingerprint density at radius 2 is 2.32 bits per heavy atom. The summed E-state index contributed by atoms with van der Waals surface area (Å²) in [4.78, 5) is 16.5. The highest BCUT2D eigenvalue weighted by atomic mass is 16.1. The highest BCUT2D eigenvalue weighted by molar-refractivity contribution is 5.90. The van der Waals surface area contributed by atoms with Gasteiger partial charge in [-0.1, -0.05) is 0 Å². The first kappa shape index (κ1) is 14.7. The number of carbonyl (C=O) groups excluding carboxylic acids is 1. The molecule has 0 fully saturated rings. The van der Waals surface area contributed by atoms with Crippen molar-refractivity contribution in [3.8, 4) is 12.3 Å². The lowest BCUT2D eigenvalue weighted by molar-refractivity contribution is -0.116. The zero-order chi connectivity index (χ0) is 15.4. The lowest BCUT2D eigenvalue weighted by Crippen LogP contribution is -2.25. The Balaban J connectivity index is 1.51. The van der Waals surface area contributed by atoms with E-state index in [1.165, 1.54) is 0 Å². The Morgan fingerprint density at radius 1 is 1.45 bits per heavy atom. The van der Waals surface area contributed by atoms with Crippen LogP contribution in [0.3, 0.4) is 0 Å². The predicted octanol–water partition coefficient (Wildman–Crippen LogP) is 2.02. The van der Waals surface area contributed by atoms with Crippen molar-refractivity contribution in [1.82, 2.24) is 10.3 Å². The molecule has 0 unspecified atom stereocenters. The number of nitrogens with one attached hydrogen (secondary N) is 2. The van der Waals surface area contributed by atoms with E-state index in [4.69, 9.17) is 6.42 Å².